The van der Waals surface area contributed by atoms with Crippen LogP contribution in [0.25, 0.3) is 0 Å². The van der Waals surface area contributed by atoms with Crippen LogP contribution in [-0.2, 0) is 0 Å². The summed E-state index contributed by atoms with van der Waals surface area (Å²) in [5.74, 6) is 0. The highest BCUT2D eigenvalue weighted by atomic mass is 16.3. The fourth-order valence-electron chi connectivity index (χ4n) is 1.87. The minimum atomic E-state index is -0.226. The SMILES string of the molecule is O[C@H]1CCCN[C@H]1c1ccccc1. The van der Waals surface area contributed by atoms with E-state index in [4.69, 9.17) is 0 Å². The summed E-state index contributed by atoms with van der Waals surface area (Å²) in [6.45, 7) is 1.01. The third-order valence-corrected chi connectivity index (χ3v) is 2.58. The third-order valence-electron chi connectivity index (χ3n) is 2.58. The van der Waals surface area contributed by atoms with Crippen LogP contribution in [0.3, 0.4) is 0 Å². The molecule has 1 saturated heterocycles. The molecular formula is C11H15NO. The van der Waals surface area contributed by atoms with Crippen molar-refractivity contribution in [1.29, 1.82) is 0 Å². The van der Waals surface area contributed by atoms with Gasteiger partial charge in [0.1, 0.15) is 0 Å². The summed E-state index contributed by atoms with van der Waals surface area (Å²) < 4.78 is 0. The van der Waals surface area contributed by atoms with Crippen molar-refractivity contribution in [2.24, 2.45) is 0 Å². The predicted octanol–water partition coefficient (Wildman–Crippen LogP) is 1.47. The topological polar surface area (TPSA) is 32.3 Å². The lowest BCUT2D eigenvalue weighted by atomic mass is 9.95. The molecular weight excluding hydrogens is 162 g/mol. The van der Waals surface area contributed by atoms with Gasteiger partial charge in [-0.05, 0) is 24.9 Å². The summed E-state index contributed by atoms with van der Waals surface area (Å²) >= 11 is 0. The molecule has 1 aromatic carbocycles. The zero-order valence-corrected chi connectivity index (χ0v) is 7.61. The van der Waals surface area contributed by atoms with Gasteiger partial charge in [-0.15, -0.1) is 0 Å². The Morgan fingerprint density at radius 1 is 1.23 bits per heavy atom. The Morgan fingerprint density at radius 3 is 2.69 bits per heavy atom. The van der Waals surface area contributed by atoms with Crippen molar-refractivity contribution in [3.8, 4) is 0 Å². The number of aliphatic hydroxyl groups excluding tert-OH is 1. The Kier molecular flexibility index (Phi) is 2.62. The lowest BCUT2D eigenvalue weighted by Crippen LogP contribution is -2.37. The van der Waals surface area contributed by atoms with Gasteiger partial charge in [-0.2, -0.15) is 0 Å². The number of benzene rings is 1. The van der Waals surface area contributed by atoms with Gasteiger partial charge in [0.25, 0.3) is 0 Å². The first-order valence-corrected chi connectivity index (χ1v) is 4.84. The Morgan fingerprint density at radius 2 is 2.00 bits per heavy atom. The van der Waals surface area contributed by atoms with Crippen molar-refractivity contribution in [2.45, 2.75) is 25.0 Å². The van der Waals surface area contributed by atoms with Gasteiger partial charge in [-0.25, -0.2) is 0 Å². The second-order valence-corrected chi connectivity index (χ2v) is 3.55. The predicted molar refractivity (Wildman–Crippen MR) is 52.4 cm³/mol. The van der Waals surface area contributed by atoms with E-state index in [0.717, 1.165) is 19.4 Å². The summed E-state index contributed by atoms with van der Waals surface area (Å²) in [5, 5.41) is 13.1. The second kappa shape index (κ2) is 3.90. The molecule has 2 atom stereocenters. The maximum Gasteiger partial charge on any atom is 0.0735 e. The normalized spacial score (nSPS) is 28.7. The molecule has 2 N–H and O–H groups in total. The van der Waals surface area contributed by atoms with E-state index in [1.807, 2.05) is 18.2 Å². The molecule has 1 aromatic rings. The number of rotatable bonds is 1. The van der Waals surface area contributed by atoms with E-state index in [1.165, 1.54) is 5.56 Å². The number of hydrogen-bond acceptors (Lipinski definition) is 2. The van der Waals surface area contributed by atoms with Crippen LogP contribution in [0.2, 0.25) is 0 Å². The van der Waals surface area contributed by atoms with Crippen LogP contribution >= 0.6 is 0 Å². The Balaban J connectivity index is 2.15. The average molecular weight is 177 g/mol. The molecule has 0 bridgehead atoms. The quantitative estimate of drug-likeness (QED) is 0.681. The number of nitrogens with one attached hydrogen (secondary N) is 1. The first kappa shape index (κ1) is 8.73. The second-order valence-electron chi connectivity index (χ2n) is 3.55. The average Bonchev–Trinajstić information content (AvgIpc) is 2.20. The van der Waals surface area contributed by atoms with E-state index in [9.17, 15) is 5.11 Å². The molecule has 2 nitrogen and oxygen atoms in total. The van der Waals surface area contributed by atoms with Crippen LogP contribution in [0.5, 0.6) is 0 Å². The largest absolute Gasteiger partial charge is 0.391 e. The maximum absolute atomic E-state index is 9.76. The fourth-order valence-corrected chi connectivity index (χ4v) is 1.87. The van der Waals surface area contributed by atoms with E-state index in [0.29, 0.717) is 0 Å². The van der Waals surface area contributed by atoms with Crippen LogP contribution in [0.4, 0.5) is 0 Å². The standard InChI is InChI=1S/C11H15NO/c13-10-7-4-8-12-11(10)9-5-2-1-3-6-9/h1-3,5-6,10-13H,4,7-8H2/t10-,11-/m0/s1. The molecule has 0 unspecified atom stereocenters. The summed E-state index contributed by atoms with van der Waals surface area (Å²) in [4.78, 5) is 0. The molecule has 0 aliphatic carbocycles. The minimum Gasteiger partial charge on any atom is -0.391 e. The van der Waals surface area contributed by atoms with Crippen molar-refractivity contribution in [1.82, 2.24) is 5.32 Å². The molecule has 0 aromatic heterocycles. The van der Waals surface area contributed by atoms with E-state index in [-0.39, 0.29) is 12.1 Å². The number of aliphatic hydroxyl groups is 1. The van der Waals surface area contributed by atoms with Crippen molar-refractivity contribution in [3.05, 3.63) is 35.9 Å². The highest BCUT2D eigenvalue weighted by Crippen LogP contribution is 2.22. The monoisotopic (exact) mass is 177 g/mol. The number of piperidine rings is 1. The van der Waals surface area contributed by atoms with E-state index in [2.05, 4.69) is 17.4 Å². The Labute approximate surface area is 78.6 Å². The summed E-state index contributed by atoms with van der Waals surface area (Å²) in [7, 11) is 0. The van der Waals surface area contributed by atoms with Crippen molar-refractivity contribution < 1.29 is 5.11 Å². The van der Waals surface area contributed by atoms with Gasteiger partial charge in [0.15, 0.2) is 0 Å². The van der Waals surface area contributed by atoms with Crippen LogP contribution in [0, 0.1) is 0 Å². The van der Waals surface area contributed by atoms with Crippen LogP contribution in [0.1, 0.15) is 24.4 Å². The summed E-state index contributed by atoms with van der Waals surface area (Å²) in [6, 6.07) is 10.3. The van der Waals surface area contributed by atoms with Crippen molar-refractivity contribution in [3.63, 3.8) is 0 Å². The molecule has 1 heterocycles. The zero-order chi connectivity index (χ0) is 9.10. The van der Waals surface area contributed by atoms with Crippen molar-refractivity contribution >= 4 is 0 Å². The molecule has 2 rings (SSSR count). The van der Waals surface area contributed by atoms with Gasteiger partial charge in [0.05, 0.1) is 12.1 Å². The molecule has 0 radical (unpaired) electrons. The van der Waals surface area contributed by atoms with Gasteiger partial charge in [-0.3, -0.25) is 0 Å². The first-order chi connectivity index (χ1) is 6.38. The molecule has 1 fully saturated rings. The molecule has 70 valence electrons. The molecule has 0 saturated carbocycles. The first-order valence-electron chi connectivity index (χ1n) is 4.84. The molecule has 13 heavy (non-hydrogen) atoms. The zero-order valence-electron chi connectivity index (χ0n) is 7.61. The van der Waals surface area contributed by atoms with Crippen LogP contribution in [0.15, 0.2) is 30.3 Å². The van der Waals surface area contributed by atoms with Gasteiger partial charge in [0.2, 0.25) is 0 Å². The highest BCUT2D eigenvalue weighted by Gasteiger charge is 2.23. The number of hydrogen-bond donors (Lipinski definition) is 2. The summed E-state index contributed by atoms with van der Waals surface area (Å²) in [6.07, 6.45) is 1.76. The van der Waals surface area contributed by atoms with E-state index in [1.54, 1.807) is 0 Å². The molecule has 0 amide bonds. The lowest BCUT2D eigenvalue weighted by Gasteiger charge is -2.29. The van der Waals surface area contributed by atoms with Gasteiger partial charge in [0, 0.05) is 0 Å². The van der Waals surface area contributed by atoms with Crippen molar-refractivity contribution in [2.75, 3.05) is 6.54 Å². The Hall–Kier alpha value is -0.860. The lowest BCUT2D eigenvalue weighted by molar-refractivity contribution is 0.0965. The molecule has 2 heteroatoms. The maximum atomic E-state index is 9.76. The van der Waals surface area contributed by atoms with E-state index < -0.39 is 0 Å². The summed E-state index contributed by atoms with van der Waals surface area (Å²) in [5.41, 5.74) is 1.19. The highest BCUT2D eigenvalue weighted by molar-refractivity contribution is 5.20. The minimum absolute atomic E-state index is 0.134. The van der Waals surface area contributed by atoms with Crippen LogP contribution < -0.4 is 5.32 Å². The molecule has 1 aliphatic heterocycles. The van der Waals surface area contributed by atoms with E-state index >= 15 is 0 Å². The molecule has 0 spiro atoms. The smallest absolute Gasteiger partial charge is 0.0735 e. The molecule has 1 aliphatic rings. The van der Waals surface area contributed by atoms with Gasteiger partial charge in [-0.1, -0.05) is 30.3 Å². The third kappa shape index (κ3) is 1.90. The fraction of sp³-hybridized carbons (Fsp3) is 0.455. The van der Waals surface area contributed by atoms with Gasteiger partial charge >= 0.3 is 0 Å². The van der Waals surface area contributed by atoms with Crippen LogP contribution in [-0.4, -0.2) is 17.8 Å². The van der Waals surface area contributed by atoms with Gasteiger partial charge < -0.3 is 10.4 Å². The Bertz CT molecular complexity index is 260.